The molecule has 1 heteroatoms. The fraction of sp³-hybridized carbons (Fsp3) is 0.478. The Hall–Kier alpha value is -1.76. The predicted octanol–water partition coefficient (Wildman–Crippen LogP) is 5.77. The first-order valence-corrected chi connectivity index (χ1v) is 9.23. The molecule has 0 amide bonds. The van der Waals surface area contributed by atoms with Crippen LogP contribution in [0.4, 0.5) is 0 Å². The largest absolute Gasteiger partial charge is 0.375 e. The van der Waals surface area contributed by atoms with Crippen LogP contribution >= 0.6 is 0 Å². The number of hydrogen-bond acceptors (Lipinski definition) is 1. The molecule has 1 fully saturated rings. The first-order valence-electron chi connectivity index (χ1n) is 9.23. The zero-order valence-electron chi connectivity index (χ0n) is 15.5. The van der Waals surface area contributed by atoms with Crippen LogP contribution in [0.5, 0.6) is 0 Å². The lowest BCUT2D eigenvalue weighted by Crippen LogP contribution is -2.41. The monoisotopic (exact) mass is 321 g/mol. The molecule has 0 radical (unpaired) electrons. The van der Waals surface area contributed by atoms with Crippen molar-refractivity contribution in [3.63, 3.8) is 0 Å². The summed E-state index contributed by atoms with van der Waals surface area (Å²) in [6.07, 6.45) is 7.08. The number of rotatable bonds is 4. The van der Waals surface area contributed by atoms with E-state index in [0.29, 0.717) is 5.41 Å². The first-order chi connectivity index (χ1) is 11.4. The highest BCUT2D eigenvalue weighted by atomic mass is 15.1. The van der Waals surface area contributed by atoms with Gasteiger partial charge in [-0.25, -0.2) is 0 Å². The van der Waals surface area contributed by atoms with Crippen LogP contribution in [0, 0.1) is 5.41 Å². The molecule has 1 nitrogen and oxygen atoms in total. The summed E-state index contributed by atoms with van der Waals surface area (Å²) >= 11 is 0. The summed E-state index contributed by atoms with van der Waals surface area (Å²) in [6.45, 7) is 19.1. The van der Waals surface area contributed by atoms with Crippen LogP contribution in [-0.2, 0) is 12.8 Å². The fourth-order valence-electron chi connectivity index (χ4n) is 4.38. The van der Waals surface area contributed by atoms with Crippen molar-refractivity contribution in [3.8, 4) is 0 Å². The summed E-state index contributed by atoms with van der Waals surface area (Å²) in [4.78, 5) is 2.44. The number of allylic oxidation sites excluding steroid dienone is 3. The van der Waals surface area contributed by atoms with Crippen LogP contribution in [0.3, 0.4) is 0 Å². The SMILES string of the molecule is C=C(C)CCc1ccc2c(c1)CC1(CCN(C(=C)C)CC1)CC2=C. The molecule has 2 aliphatic rings. The van der Waals surface area contributed by atoms with Crippen LogP contribution in [-0.4, -0.2) is 18.0 Å². The molecule has 0 N–H and O–H groups in total. The van der Waals surface area contributed by atoms with E-state index in [2.05, 4.69) is 56.7 Å². The second kappa shape index (κ2) is 6.63. The number of fused-ring (bicyclic) bond motifs is 1. The summed E-state index contributed by atoms with van der Waals surface area (Å²) in [5.41, 5.74) is 8.61. The lowest BCUT2D eigenvalue weighted by atomic mass is 9.64. The van der Waals surface area contributed by atoms with E-state index >= 15 is 0 Å². The Labute approximate surface area is 147 Å². The summed E-state index contributed by atoms with van der Waals surface area (Å²) in [6, 6.07) is 7.03. The molecule has 128 valence electrons. The number of benzene rings is 1. The molecule has 0 atom stereocenters. The average Bonchev–Trinajstić information content (AvgIpc) is 2.53. The number of aryl methyl sites for hydroxylation is 1. The Kier molecular flexibility index (Phi) is 4.71. The van der Waals surface area contributed by atoms with Gasteiger partial charge in [-0.1, -0.05) is 36.9 Å². The van der Waals surface area contributed by atoms with E-state index in [1.807, 2.05) is 0 Å². The van der Waals surface area contributed by atoms with Crippen molar-refractivity contribution < 1.29 is 0 Å². The maximum Gasteiger partial charge on any atom is 0.0180 e. The summed E-state index contributed by atoms with van der Waals surface area (Å²) in [5, 5.41) is 0. The van der Waals surface area contributed by atoms with Gasteiger partial charge in [0, 0.05) is 18.8 Å². The highest BCUT2D eigenvalue weighted by Crippen LogP contribution is 2.48. The molecular weight excluding hydrogens is 290 g/mol. The number of nitrogens with zero attached hydrogens (tertiary/aromatic N) is 1. The van der Waals surface area contributed by atoms with Gasteiger partial charge < -0.3 is 4.90 Å². The fourth-order valence-corrected chi connectivity index (χ4v) is 4.38. The van der Waals surface area contributed by atoms with Crippen molar-refractivity contribution >= 4 is 5.57 Å². The van der Waals surface area contributed by atoms with Gasteiger partial charge in [0.25, 0.3) is 0 Å². The van der Waals surface area contributed by atoms with Gasteiger partial charge in [-0.3, -0.25) is 0 Å². The van der Waals surface area contributed by atoms with Gasteiger partial charge in [0.05, 0.1) is 0 Å². The van der Waals surface area contributed by atoms with Crippen LogP contribution in [0.1, 0.15) is 56.2 Å². The van der Waals surface area contributed by atoms with Gasteiger partial charge in [-0.2, -0.15) is 0 Å². The minimum absolute atomic E-state index is 0.420. The number of likely N-dealkylation sites (tertiary alicyclic amines) is 1. The minimum Gasteiger partial charge on any atom is -0.375 e. The lowest BCUT2D eigenvalue weighted by Gasteiger charge is -2.46. The maximum absolute atomic E-state index is 4.42. The second-order valence-corrected chi connectivity index (χ2v) is 8.13. The van der Waals surface area contributed by atoms with Crippen molar-refractivity contribution in [2.75, 3.05) is 13.1 Å². The van der Waals surface area contributed by atoms with Crippen molar-refractivity contribution in [2.24, 2.45) is 5.41 Å². The standard InChI is InChI=1S/C23H31N/c1-17(2)6-7-20-8-9-22-19(5)15-23(16-21(22)14-20)10-12-24(13-11-23)18(3)4/h8-9,14H,1,3,5-7,10-13,15-16H2,2,4H3. The molecule has 24 heavy (non-hydrogen) atoms. The third-order valence-corrected chi connectivity index (χ3v) is 5.91. The molecule has 0 saturated carbocycles. The molecule has 3 rings (SSSR count). The van der Waals surface area contributed by atoms with Crippen molar-refractivity contribution in [3.05, 3.63) is 65.9 Å². The lowest BCUT2D eigenvalue weighted by molar-refractivity contribution is 0.128. The third-order valence-electron chi connectivity index (χ3n) is 5.91. The molecule has 0 unspecified atom stereocenters. The van der Waals surface area contributed by atoms with Crippen molar-refractivity contribution in [1.29, 1.82) is 0 Å². The van der Waals surface area contributed by atoms with E-state index in [0.717, 1.165) is 32.4 Å². The van der Waals surface area contributed by atoms with E-state index in [1.54, 1.807) is 0 Å². The topological polar surface area (TPSA) is 3.24 Å². The maximum atomic E-state index is 4.42. The first kappa shape index (κ1) is 17.1. The Morgan fingerprint density at radius 1 is 1.12 bits per heavy atom. The second-order valence-electron chi connectivity index (χ2n) is 8.13. The number of piperidine rings is 1. The normalized spacial score (nSPS) is 19.2. The molecule has 0 bridgehead atoms. The van der Waals surface area contributed by atoms with E-state index in [1.165, 1.54) is 52.8 Å². The van der Waals surface area contributed by atoms with Crippen LogP contribution in [0.25, 0.3) is 5.57 Å². The minimum atomic E-state index is 0.420. The quantitative estimate of drug-likeness (QED) is 0.636. The van der Waals surface area contributed by atoms with Crippen molar-refractivity contribution in [2.45, 2.75) is 52.4 Å². The molecular formula is C23H31N. The van der Waals surface area contributed by atoms with Gasteiger partial charge in [-0.05, 0) is 80.1 Å². The van der Waals surface area contributed by atoms with Gasteiger partial charge in [0.1, 0.15) is 0 Å². The molecule has 1 aliphatic carbocycles. The van der Waals surface area contributed by atoms with Gasteiger partial charge >= 0.3 is 0 Å². The highest BCUT2D eigenvalue weighted by molar-refractivity contribution is 5.69. The zero-order chi connectivity index (χ0) is 17.3. The number of hydrogen-bond donors (Lipinski definition) is 0. The van der Waals surface area contributed by atoms with E-state index in [-0.39, 0.29) is 0 Å². The molecule has 1 saturated heterocycles. The van der Waals surface area contributed by atoms with Gasteiger partial charge in [-0.15, -0.1) is 6.58 Å². The predicted molar refractivity (Wildman–Crippen MR) is 105 cm³/mol. The summed E-state index contributed by atoms with van der Waals surface area (Å²) < 4.78 is 0. The molecule has 1 aromatic carbocycles. The zero-order valence-corrected chi connectivity index (χ0v) is 15.5. The van der Waals surface area contributed by atoms with E-state index in [9.17, 15) is 0 Å². The Morgan fingerprint density at radius 2 is 1.83 bits per heavy atom. The van der Waals surface area contributed by atoms with Crippen LogP contribution in [0.15, 0.2) is 49.2 Å². The van der Waals surface area contributed by atoms with Gasteiger partial charge in [0.15, 0.2) is 0 Å². The summed E-state index contributed by atoms with van der Waals surface area (Å²) in [5.74, 6) is 0. The Balaban J connectivity index is 1.78. The van der Waals surface area contributed by atoms with E-state index < -0.39 is 0 Å². The Bertz CT molecular complexity index is 671. The highest BCUT2D eigenvalue weighted by Gasteiger charge is 2.38. The van der Waals surface area contributed by atoms with Crippen LogP contribution in [0.2, 0.25) is 0 Å². The van der Waals surface area contributed by atoms with Gasteiger partial charge in [0.2, 0.25) is 0 Å². The molecule has 1 aromatic rings. The van der Waals surface area contributed by atoms with Crippen molar-refractivity contribution in [1.82, 2.24) is 4.90 Å². The molecule has 1 aliphatic heterocycles. The Morgan fingerprint density at radius 3 is 2.46 bits per heavy atom. The summed E-state index contributed by atoms with van der Waals surface area (Å²) in [7, 11) is 0. The van der Waals surface area contributed by atoms with Crippen LogP contribution < -0.4 is 0 Å². The molecule has 1 spiro atoms. The average molecular weight is 322 g/mol. The molecule has 1 heterocycles. The van der Waals surface area contributed by atoms with E-state index in [4.69, 9.17) is 0 Å². The molecule has 0 aromatic heterocycles. The smallest absolute Gasteiger partial charge is 0.0180 e. The third kappa shape index (κ3) is 3.50.